The number of furan rings is 1. The second-order valence-corrected chi connectivity index (χ2v) is 9.75. The number of hydrogen-bond donors (Lipinski definition) is 2. The van der Waals surface area contributed by atoms with Crippen molar-refractivity contribution in [2.24, 2.45) is 0 Å². The molecular formula is C25H29N3O5S. The number of carbonyl (C=O) groups is 1. The van der Waals surface area contributed by atoms with Crippen molar-refractivity contribution in [1.29, 1.82) is 0 Å². The molecule has 0 aliphatic carbocycles. The molecule has 1 aliphatic rings. The number of benzene rings is 2. The summed E-state index contributed by atoms with van der Waals surface area (Å²) in [7, 11) is -3.76. The Balaban J connectivity index is 1.37. The first-order valence-electron chi connectivity index (χ1n) is 11.4. The van der Waals surface area contributed by atoms with Crippen molar-refractivity contribution in [3.05, 3.63) is 78.3 Å². The van der Waals surface area contributed by atoms with Gasteiger partial charge >= 0.3 is 0 Å². The van der Waals surface area contributed by atoms with Crippen LogP contribution in [0.5, 0.6) is 5.75 Å². The summed E-state index contributed by atoms with van der Waals surface area (Å²) in [5.74, 6) is 1.22. The quantitative estimate of drug-likeness (QED) is 0.451. The lowest BCUT2D eigenvalue weighted by Crippen LogP contribution is -2.36. The van der Waals surface area contributed by atoms with Crippen LogP contribution in [0.3, 0.4) is 0 Å². The SMILES string of the molecule is CCOc1ccc(S(=O)(=O)Nc2ccc(C(=O)NC[C@H](c3ccco3)N3CCCC3)cc2)cc1. The number of anilines is 1. The standard InChI is InChI=1S/C25H29N3O5S/c1-2-32-21-11-13-22(14-12-21)34(30,31)27-20-9-7-19(8-10-20)25(29)26-18-23(24-6-5-17-33-24)28-15-3-4-16-28/h5-14,17,23,27H,2-4,15-16,18H2,1H3,(H,26,29)/t23-/m1/s1. The molecule has 2 aromatic carbocycles. The van der Waals surface area contributed by atoms with Crippen molar-refractivity contribution in [3.8, 4) is 5.75 Å². The molecule has 2 heterocycles. The van der Waals surface area contributed by atoms with Gasteiger partial charge in [-0.15, -0.1) is 0 Å². The Morgan fingerprint density at radius 2 is 1.76 bits per heavy atom. The fraction of sp³-hybridized carbons (Fsp3) is 0.320. The first kappa shape index (κ1) is 23.8. The van der Waals surface area contributed by atoms with Crippen LogP contribution < -0.4 is 14.8 Å². The van der Waals surface area contributed by atoms with E-state index in [1.54, 1.807) is 42.7 Å². The number of sulfonamides is 1. The zero-order valence-corrected chi connectivity index (χ0v) is 19.9. The Morgan fingerprint density at radius 1 is 1.06 bits per heavy atom. The minimum absolute atomic E-state index is 0.0124. The summed E-state index contributed by atoms with van der Waals surface area (Å²) in [4.78, 5) is 15.2. The van der Waals surface area contributed by atoms with Crippen LogP contribution in [0.4, 0.5) is 5.69 Å². The van der Waals surface area contributed by atoms with E-state index in [9.17, 15) is 13.2 Å². The van der Waals surface area contributed by atoms with Gasteiger partial charge < -0.3 is 14.5 Å². The lowest BCUT2D eigenvalue weighted by atomic mass is 10.1. The van der Waals surface area contributed by atoms with Crippen LogP contribution in [0.25, 0.3) is 0 Å². The maximum absolute atomic E-state index is 12.7. The second-order valence-electron chi connectivity index (χ2n) is 8.07. The molecular weight excluding hydrogens is 454 g/mol. The van der Waals surface area contributed by atoms with E-state index >= 15 is 0 Å². The van der Waals surface area contributed by atoms with Gasteiger partial charge in [-0.1, -0.05) is 0 Å². The van der Waals surface area contributed by atoms with Gasteiger partial charge in [0.05, 0.1) is 23.8 Å². The van der Waals surface area contributed by atoms with E-state index in [1.165, 1.54) is 12.1 Å². The van der Waals surface area contributed by atoms with Crippen molar-refractivity contribution < 1.29 is 22.4 Å². The molecule has 0 unspecified atom stereocenters. The molecule has 1 aliphatic heterocycles. The van der Waals surface area contributed by atoms with Crippen LogP contribution in [-0.2, 0) is 10.0 Å². The lowest BCUT2D eigenvalue weighted by molar-refractivity contribution is 0.0934. The number of nitrogens with zero attached hydrogens (tertiary/aromatic N) is 1. The van der Waals surface area contributed by atoms with Crippen LogP contribution in [0.1, 0.15) is 41.9 Å². The molecule has 4 rings (SSSR count). The second kappa shape index (κ2) is 10.8. The van der Waals surface area contributed by atoms with E-state index in [4.69, 9.17) is 9.15 Å². The van der Waals surface area contributed by atoms with Gasteiger partial charge in [-0.2, -0.15) is 0 Å². The molecule has 0 spiro atoms. The van der Waals surface area contributed by atoms with Gasteiger partial charge in [-0.25, -0.2) is 8.42 Å². The minimum atomic E-state index is -3.76. The van der Waals surface area contributed by atoms with Gasteiger partial charge in [0.1, 0.15) is 11.5 Å². The highest BCUT2D eigenvalue weighted by Crippen LogP contribution is 2.25. The van der Waals surface area contributed by atoms with Crippen molar-refractivity contribution in [1.82, 2.24) is 10.2 Å². The molecule has 3 aromatic rings. The number of carbonyl (C=O) groups excluding carboxylic acids is 1. The van der Waals surface area contributed by atoms with E-state index in [1.807, 2.05) is 19.1 Å². The molecule has 1 atom stereocenters. The smallest absolute Gasteiger partial charge is 0.261 e. The van der Waals surface area contributed by atoms with Crippen LogP contribution in [0, 0.1) is 0 Å². The number of rotatable bonds is 10. The topological polar surface area (TPSA) is 101 Å². The van der Waals surface area contributed by atoms with Gasteiger partial charge in [0.25, 0.3) is 15.9 Å². The largest absolute Gasteiger partial charge is 0.494 e. The molecule has 0 saturated carbocycles. The molecule has 1 aromatic heterocycles. The van der Waals surface area contributed by atoms with Gasteiger partial charge in [0.2, 0.25) is 0 Å². The Morgan fingerprint density at radius 3 is 2.38 bits per heavy atom. The third kappa shape index (κ3) is 5.78. The molecule has 9 heteroatoms. The summed E-state index contributed by atoms with van der Waals surface area (Å²) < 4.78 is 38.8. The first-order valence-corrected chi connectivity index (χ1v) is 12.9. The monoisotopic (exact) mass is 483 g/mol. The van der Waals surface area contributed by atoms with Crippen molar-refractivity contribution >= 4 is 21.6 Å². The number of hydrogen-bond acceptors (Lipinski definition) is 6. The van der Waals surface area contributed by atoms with E-state index in [2.05, 4.69) is 14.9 Å². The highest BCUT2D eigenvalue weighted by atomic mass is 32.2. The number of ether oxygens (including phenoxy) is 1. The van der Waals surface area contributed by atoms with E-state index in [0.29, 0.717) is 30.2 Å². The first-order chi connectivity index (χ1) is 16.5. The highest BCUT2D eigenvalue weighted by Gasteiger charge is 2.26. The van der Waals surface area contributed by atoms with Crippen molar-refractivity contribution in [2.45, 2.75) is 30.7 Å². The van der Waals surface area contributed by atoms with Crippen LogP contribution >= 0.6 is 0 Å². The van der Waals surface area contributed by atoms with Crippen molar-refractivity contribution in [2.75, 3.05) is 31.0 Å². The zero-order chi connectivity index (χ0) is 24.0. The van der Waals surface area contributed by atoms with E-state index in [0.717, 1.165) is 31.7 Å². The highest BCUT2D eigenvalue weighted by molar-refractivity contribution is 7.92. The third-order valence-corrected chi connectivity index (χ3v) is 7.15. The maximum Gasteiger partial charge on any atom is 0.261 e. The summed E-state index contributed by atoms with van der Waals surface area (Å²) >= 11 is 0. The molecule has 1 saturated heterocycles. The number of nitrogens with one attached hydrogen (secondary N) is 2. The predicted molar refractivity (Wildman–Crippen MR) is 129 cm³/mol. The van der Waals surface area contributed by atoms with Crippen molar-refractivity contribution in [3.63, 3.8) is 0 Å². The summed E-state index contributed by atoms with van der Waals surface area (Å²) in [5, 5.41) is 2.98. The van der Waals surface area contributed by atoms with Gasteiger partial charge in [-0.05, 0) is 93.5 Å². The Bertz CT molecular complexity index is 1170. The molecule has 1 fully saturated rings. The molecule has 1 amide bonds. The number of likely N-dealkylation sites (tertiary alicyclic amines) is 1. The number of amides is 1. The van der Waals surface area contributed by atoms with Gasteiger partial charge in [-0.3, -0.25) is 14.4 Å². The normalized spacial score (nSPS) is 15.1. The summed E-state index contributed by atoms with van der Waals surface area (Å²) in [6, 6.07) is 16.3. The lowest BCUT2D eigenvalue weighted by Gasteiger charge is -2.26. The Labute approximate surface area is 200 Å². The third-order valence-electron chi connectivity index (χ3n) is 5.75. The molecule has 34 heavy (non-hydrogen) atoms. The molecule has 180 valence electrons. The summed E-state index contributed by atoms with van der Waals surface area (Å²) in [5.41, 5.74) is 0.819. The van der Waals surface area contributed by atoms with Crippen LogP contribution in [0.2, 0.25) is 0 Å². The minimum Gasteiger partial charge on any atom is -0.494 e. The van der Waals surface area contributed by atoms with Gasteiger partial charge in [0.15, 0.2) is 0 Å². The molecule has 2 N–H and O–H groups in total. The maximum atomic E-state index is 12.7. The summed E-state index contributed by atoms with van der Waals surface area (Å²) in [6.45, 7) is 4.75. The predicted octanol–water partition coefficient (Wildman–Crippen LogP) is 4.05. The Kier molecular flexibility index (Phi) is 7.54. The summed E-state index contributed by atoms with van der Waals surface area (Å²) in [6.07, 6.45) is 3.92. The zero-order valence-electron chi connectivity index (χ0n) is 19.1. The molecule has 0 bridgehead atoms. The van der Waals surface area contributed by atoms with E-state index in [-0.39, 0.29) is 16.8 Å². The molecule has 8 nitrogen and oxygen atoms in total. The Hall–Kier alpha value is -3.30. The van der Waals surface area contributed by atoms with E-state index < -0.39 is 10.0 Å². The van der Waals surface area contributed by atoms with Gasteiger partial charge in [0, 0.05) is 17.8 Å². The fourth-order valence-electron chi connectivity index (χ4n) is 4.02. The fourth-order valence-corrected chi connectivity index (χ4v) is 5.08. The average Bonchev–Trinajstić information content (AvgIpc) is 3.55. The van der Waals surface area contributed by atoms with Crippen LogP contribution in [-0.4, -0.2) is 45.5 Å². The van der Waals surface area contributed by atoms with Crippen LogP contribution in [0.15, 0.2) is 76.2 Å². The average molecular weight is 484 g/mol. The molecule has 0 radical (unpaired) electrons.